The zero-order valence-corrected chi connectivity index (χ0v) is 19.9. The number of carbonyl (C=O) groups is 4. The average Bonchev–Trinajstić information content (AvgIpc) is 2.61. The quantitative estimate of drug-likeness (QED) is 0.335. The Hall–Kier alpha value is -1.96. The smallest absolute Gasteiger partial charge is 0.243 e. The lowest BCUT2D eigenvalue weighted by atomic mass is 10.00. The van der Waals surface area contributed by atoms with Gasteiger partial charge < -0.3 is 21.3 Å². The van der Waals surface area contributed by atoms with Crippen molar-refractivity contribution >= 4 is 23.5 Å². The molecule has 8 heteroatoms. The summed E-state index contributed by atoms with van der Waals surface area (Å²) in [5.41, 5.74) is 0. The molecule has 0 bridgehead atoms. The van der Waals surface area contributed by atoms with Gasteiger partial charge >= 0.3 is 0 Å². The lowest BCUT2D eigenvalue weighted by Crippen LogP contribution is -2.55. The van der Waals surface area contributed by atoms with Crippen LogP contribution in [0.3, 0.4) is 0 Å². The van der Waals surface area contributed by atoms with E-state index in [9.17, 15) is 19.2 Å². The normalized spacial score (nSPS) is 13.5. The van der Waals surface area contributed by atoms with E-state index in [1.54, 1.807) is 13.8 Å². The van der Waals surface area contributed by atoms with E-state index in [-0.39, 0.29) is 54.5 Å². The molecule has 0 rings (SSSR count). The summed E-state index contributed by atoms with van der Waals surface area (Å²) < 4.78 is 0. The minimum Gasteiger partial charge on any atom is -0.347 e. The van der Waals surface area contributed by atoms with Crippen LogP contribution >= 0.6 is 0 Å². The summed E-state index contributed by atoms with van der Waals surface area (Å²) in [4.78, 5) is 49.5. The number of nitrogens with one attached hydrogen (secondary N) is 4. The summed E-state index contributed by atoms with van der Waals surface area (Å²) >= 11 is 0. The largest absolute Gasteiger partial charge is 0.347 e. The van der Waals surface area contributed by atoms with Crippen molar-refractivity contribution in [3.63, 3.8) is 0 Å². The van der Waals surface area contributed by atoms with Crippen molar-refractivity contribution in [2.75, 3.05) is 13.1 Å². The first-order chi connectivity index (χ1) is 13.8. The molecule has 0 saturated carbocycles. The third-order valence-corrected chi connectivity index (χ3v) is 4.45. The Kier molecular flexibility index (Phi) is 13.2. The van der Waals surface area contributed by atoms with Gasteiger partial charge in [0.2, 0.25) is 17.7 Å². The predicted octanol–water partition coefficient (Wildman–Crippen LogP) is 1.39. The molecule has 3 amide bonds. The van der Waals surface area contributed by atoms with E-state index in [1.807, 2.05) is 41.5 Å². The van der Waals surface area contributed by atoms with Gasteiger partial charge in [-0.3, -0.25) is 19.2 Å². The Morgan fingerprint density at radius 1 is 0.667 bits per heavy atom. The number of rotatable bonds is 14. The van der Waals surface area contributed by atoms with Crippen molar-refractivity contribution in [3.05, 3.63) is 0 Å². The van der Waals surface area contributed by atoms with Gasteiger partial charge in [0.15, 0.2) is 5.78 Å². The molecule has 0 spiro atoms. The van der Waals surface area contributed by atoms with Gasteiger partial charge in [-0.25, -0.2) is 0 Å². The molecule has 0 aliphatic rings. The van der Waals surface area contributed by atoms with E-state index in [0.717, 1.165) is 0 Å². The van der Waals surface area contributed by atoms with Crippen LogP contribution in [0.4, 0.5) is 0 Å². The van der Waals surface area contributed by atoms with Gasteiger partial charge in [-0.1, -0.05) is 55.4 Å². The maximum Gasteiger partial charge on any atom is 0.243 e. The molecular formula is C22H42N4O4. The highest BCUT2D eigenvalue weighted by Crippen LogP contribution is 2.09. The number of hydrogen-bond donors (Lipinski definition) is 4. The maximum atomic E-state index is 12.9. The predicted molar refractivity (Wildman–Crippen MR) is 119 cm³/mol. The highest BCUT2D eigenvalue weighted by Gasteiger charge is 2.28. The average molecular weight is 427 g/mol. The second kappa shape index (κ2) is 14.1. The van der Waals surface area contributed by atoms with Crippen molar-refractivity contribution in [1.29, 1.82) is 0 Å². The van der Waals surface area contributed by atoms with Gasteiger partial charge in [-0.2, -0.15) is 0 Å². The number of ketones is 1. The van der Waals surface area contributed by atoms with Gasteiger partial charge in [-0.15, -0.1) is 0 Å². The van der Waals surface area contributed by atoms with Crippen LogP contribution in [-0.2, 0) is 19.2 Å². The molecule has 0 aliphatic carbocycles. The number of amides is 3. The summed E-state index contributed by atoms with van der Waals surface area (Å²) in [5, 5.41) is 11.2. The lowest BCUT2D eigenvalue weighted by Gasteiger charge is -2.25. The van der Waals surface area contributed by atoms with E-state index >= 15 is 0 Å². The summed E-state index contributed by atoms with van der Waals surface area (Å²) in [6.07, 6.45) is 0.895. The lowest BCUT2D eigenvalue weighted by molar-refractivity contribution is -0.133. The molecule has 174 valence electrons. The van der Waals surface area contributed by atoms with Crippen LogP contribution in [0, 0.1) is 17.8 Å². The van der Waals surface area contributed by atoms with Crippen molar-refractivity contribution in [1.82, 2.24) is 21.3 Å². The Morgan fingerprint density at radius 3 is 1.60 bits per heavy atom. The van der Waals surface area contributed by atoms with Crippen molar-refractivity contribution in [2.24, 2.45) is 17.8 Å². The molecule has 0 aromatic heterocycles. The zero-order chi connectivity index (χ0) is 23.4. The van der Waals surface area contributed by atoms with Gasteiger partial charge in [0.25, 0.3) is 0 Å². The molecule has 0 aliphatic heterocycles. The van der Waals surface area contributed by atoms with Crippen LogP contribution in [0.15, 0.2) is 0 Å². The topological polar surface area (TPSA) is 116 Å². The second-order valence-corrected chi connectivity index (χ2v) is 9.31. The first kappa shape index (κ1) is 28.0. The van der Waals surface area contributed by atoms with Crippen LogP contribution in [0.1, 0.15) is 68.2 Å². The Balaban J connectivity index is 5.15. The van der Waals surface area contributed by atoms with E-state index in [4.69, 9.17) is 0 Å². The molecule has 0 fully saturated rings. The fourth-order valence-electron chi connectivity index (χ4n) is 2.72. The van der Waals surface area contributed by atoms with Crippen LogP contribution in [0.2, 0.25) is 0 Å². The monoisotopic (exact) mass is 426 g/mol. The Morgan fingerprint density at radius 2 is 1.17 bits per heavy atom. The zero-order valence-electron chi connectivity index (χ0n) is 19.9. The minimum atomic E-state index is -0.766. The fraction of sp³-hybridized carbons (Fsp3) is 0.818. The van der Waals surface area contributed by atoms with E-state index in [1.165, 1.54) is 0 Å². The SMILES string of the molecule is CC(C)C[C@H](NC(=O)CNC(C)C)C(=O)N[C@@H](CC(C)C)C(=O)NCC(=O)C(C)C. The van der Waals surface area contributed by atoms with Gasteiger partial charge in [-0.05, 0) is 24.7 Å². The molecule has 30 heavy (non-hydrogen) atoms. The minimum absolute atomic E-state index is 0.0615. The molecule has 4 N–H and O–H groups in total. The van der Waals surface area contributed by atoms with Crippen LogP contribution in [0.25, 0.3) is 0 Å². The number of Topliss-reactive ketones (excluding diaryl/α,β-unsaturated/α-hetero) is 1. The van der Waals surface area contributed by atoms with Crippen molar-refractivity contribution in [3.8, 4) is 0 Å². The maximum absolute atomic E-state index is 12.9. The van der Waals surface area contributed by atoms with E-state index in [0.29, 0.717) is 12.8 Å². The van der Waals surface area contributed by atoms with E-state index < -0.39 is 18.0 Å². The molecule has 0 unspecified atom stereocenters. The molecule has 0 saturated heterocycles. The number of carbonyl (C=O) groups excluding carboxylic acids is 4. The standard InChI is InChI=1S/C22H42N4O4/c1-13(2)9-17(21(29)24-11-19(27)15(5)6)26-22(30)18(10-14(3)4)25-20(28)12-23-16(7)8/h13-18,23H,9-12H2,1-8H3,(H,24,29)(H,25,28)(H,26,30)/t17-,18-/m0/s1. The third kappa shape index (κ3) is 12.6. The van der Waals surface area contributed by atoms with Gasteiger partial charge in [0.05, 0.1) is 13.1 Å². The summed E-state index contributed by atoms with van der Waals surface area (Å²) in [5.74, 6) is -0.943. The van der Waals surface area contributed by atoms with Gasteiger partial charge in [0, 0.05) is 12.0 Å². The summed E-state index contributed by atoms with van der Waals surface area (Å²) in [6, 6.07) is -1.34. The third-order valence-electron chi connectivity index (χ3n) is 4.45. The van der Waals surface area contributed by atoms with Crippen molar-refractivity contribution in [2.45, 2.75) is 86.4 Å². The Labute approximate surface area is 181 Å². The highest BCUT2D eigenvalue weighted by molar-refractivity contribution is 5.94. The molecule has 0 aromatic carbocycles. The molecule has 8 nitrogen and oxygen atoms in total. The Bertz CT molecular complexity index is 573. The highest BCUT2D eigenvalue weighted by atomic mass is 16.2. The molecule has 0 heterocycles. The van der Waals surface area contributed by atoms with Gasteiger partial charge in [0.1, 0.15) is 12.1 Å². The van der Waals surface area contributed by atoms with Crippen LogP contribution < -0.4 is 21.3 Å². The first-order valence-electron chi connectivity index (χ1n) is 11.0. The van der Waals surface area contributed by atoms with Crippen molar-refractivity contribution < 1.29 is 19.2 Å². The van der Waals surface area contributed by atoms with Crippen LogP contribution in [0.5, 0.6) is 0 Å². The molecular weight excluding hydrogens is 384 g/mol. The summed E-state index contributed by atoms with van der Waals surface area (Å²) in [7, 11) is 0. The molecule has 2 atom stereocenters. The number of hydrogen-bond acceptors (Lipinski definition) is 5. The molecule has 0 aromatic rings. The van der Waals surface area contributed by atoms with E-state index in [2.05, 4.69) is 21.3 Å². The fourth-order valence-corrected chi connectivity index (χ4v) is 2.72. The van der Waals surface area contributed by atoms with Crippen LogP contribution in [-0.4, -0.2) is 54.7 Å². The first-order valence-corrected chi connectivity index (χ1v) is 11.0. The summed E-state index contributed by atoms with van der Waals surface area (Å²) in [6.45, 7) is 15.3. The molecule has 0 radical (unpaired) electrons. The second-order valence-electron chi connectivity index (χ2n) is 9.31.